The number of ether oxygens (including phenoxy) is 1. The standard InChI is InChI=1S/C18H28ClN5O2/c1-20-18(22-10-5-3-4-8-16(25)26-2)23-14-9-12-24(13-14)17-15(19)7-6-11-21-17/h6-7,11,14H,3-5,8-10,12-13H2,1-2H3,(H2,20,22,23). The lowest BCUT2D eigenvalue weighted by atomic mass is 10.2. The van der Waals surface area contributed by atoms with Crippen LogP contribution in [0.2, 0.25) is 5.02 Å². The van der Waals surface area contributed by atoms with Crippen LogP contribution in [0.3, 0.4) is 0 Å². The van der Waals surface area contributed by atoms with Gasteiger partial charge in [-0.3, -0.25) is 9.79 Å². The van der Waals surface area contributed by atoms with Gasteiger partial charge in [-0.05, 0) is 31.4 Å². The van der Waals surface area contributed by atoms with E-state index in [2.05, 4.69) is 30.2 Å². The normalized spacial score (nSPS) is 17.3. The first kappa shape index (κ1) is 20.3. The molecule has 26 heavy (non-hydrogen) atoms. The number of carbonyl (C=O) groups is 1. The number of nitrogens with zero attached hydrogens (tertiary/aromatic N) is 3. The van der Waals surface area contributed by atoms with E-state index in [1.54, 1.807) is 13.2 Å². The van der Waals surface area contributed by atoms with Crippen molar-refractivity contribution in [3.05, 3.63) is 23.4 Å². The molecule has 0 spiro atoms. The van der Waals surface area contributed by atoms with Crippen LogP contribution in [0.25, 0.3) is 0 Å². The zero-order chi connectivity index (χ0) is 18.8. The average molecular weight is 382 g/mol. The molecule has 0 aliphatic carbocycles. The van der Waals surface area contributed by atoms with E-state index in [1.165, 1.54) is 7.11 Å². The Bertz CT molecular complexity index is 611. The highest BCUT2D eigenvalue weighted by molar-refractivity contribution is 6.32. The summed E-state index contributed by atoms with van der Waals surface area (Å²) < 4.78 is 4.63. The number of esters is 1. The van der Waals surface area contributed by atoms with Gasteiger partial charge in [0.1, 0.15) is 5.82 Å². The van der Waals surface area contributed by atoms with Gasteiger partial charge in [0, 0.05) is 45.3 Å². The van der Waals surface area contributed by atoms with Gasteiger partial charge in [0.15, 0.2) is 5.96 Å². The second kappa shape index (κ2) is 10.9. The lowest BCUT2D eigenvalue weighted by molar-refractivity contribution is -0.140. The molecule has 1 aliphatic rings. The molecular weight excluding hydrogens is 354 g/mol. The van der Waals surface area contributed by atoms with Gasteiger partial charge in [-0.1, -0.05) is 18.0 Å². The lowest BCUT2D eigenvalue weighted by Gasteiger charge is -2.20. The maximum atomic E-state index is 11.1. The Kier molecular flexibility index (Phi) is 8.47. The van der Waals surface area contributed by atoms with Gasteiger partial charge >= 0.3 is 5.97 Å². The number of hydrogen-bond acceptors (Lipinski definition) is 5. The van der Waals surface area contributed by atoms with Crippen LogP contribution in [0, 0.1) is 0 Å². The Balaban J connectivity index is 1.67. The van der Waals surface area contributed by atoms with E-state index in [0.717, 1.165) is 57.1 Å². The molecule has 0 saturated carbocycles. The van der Waals surface area contributed by atoms with E-state index in [0.29, 0.717) is 17.5 Å². The number of hydrogen-bond donors (Lipinski definition) is 2. The molecule has 1 aromatic rings. The molecule has 2 rings (SSSR count). The largest absolute Gasteiger partial charge is 0.469 e. The minimum absolute atomic E-state index is 0.144. The summed E-state index contributed by atoms with van der Waals surface area (Å²) in [5.74, 6) is 1.50. The number of halogens is 1. The van der Waals surface area contributed by atoms with Crippen LogP contribution in [0.15, 0.2) is 23.3 Å². The third kappa shape index (κ3) is 6.37. The Morgan fingerprint density at radius 2 is 2.31 bits per heavy atom. The molecule has 8 heteroatoms. The number of aliphatic imine (C=N–C) groups is 1. The minimum atomic E-state index is -0.144. The Hall–Kier alpha value is -2.02. The average Bonchev–Trinajstić information content (AvgIpc) is 3.11. The van der Waals surface area contributed by atoms with Crippen LogP contribution in [-0.2, 0) is 9.53 Å². The number of methoxy groups -OCH3 is 1. The maximum absolute atomic E-state index is 11.1. The van der Waals surface area contributed by atoms with Gasteiger partial charge in [-0.15, -0.1) is 0 Å². The number of anilines is 1. The summed E-state index contributed by atoms with van der Waals surface area (Å²) in [5, 5.41) is 7.47. The molecule has 2 N–H and O–H groups in total. The van der Waals surface area contributed by atoms with Crippen LogP contribution < -0.4 is 15.5 Å². The predicted molar refractivity (Wildman–Crippen MR) is 105 cm³/mol. The molecule has 7 nitrogen and oxygen atoms in total. The zero-order valence-corrected chi connectivity index (χ0v) is 16.3. The maximum Gasteiger partial charge on any atom is 0.305 e. The number of unbranched alkanes of at least 4 members (excludes halogenated alkanes) is 2. The van der Waals surface area contributed by atoms with Gasteiger partial charge in [0.05, 0.1) is 12.1 Å². The van der Waals surface area contributed by atoms with Gasteiger partial charge in [0.25, 0.3) is 0 Å². The van der Waals surface area contributed by atoms with Gasteiger partial charge < -0.3 is 20.3 Å². The lowest BCUT2D eigenvalue weighted by Crippen LogP contribution is -2.44. The molecule has 1 saturated heterocycles. The van der Waals surface area contributed by atoms with E-state index in [4.69, 9.17) is 11.6 Å². The number of rotatable bonds is 8. The topological polar surface area (TPSA) is 78.8 Å². The summed E-state index contributed by atoms with van der Waals surface area (Å²) in [6.45, 7) is 2.58. The smallest absolute Gasteiger partial charge is 0.305 e. The fourth-order valence-corrected chi connectivity index (χ4v) is 3.19. The Labute approximate surface area is 160 Å². The molecule has 1 aromatic heterocycles. The molecule has 0 aromatic carbocycles. The van der Waals surface area contributed by atoms with Crippen molar-refractivity contribution < 1.29 is 9.53 Å². The molecule has 2 heterocycles. The highest BCUT2D eigenvalue weighted by Crippen LogP contribution is 2.25. The van der Waals surface area contributed by atoms with E-state index in [-0.39, 0.29) is 5.97 Å². The second-order valence-electron chi connectivity index (χ2n) is 6.27. The van der Waals surface area contributed by atoms with E-state index >= 15 is 0 Å². The van der Waals surface area contributed by atoms with Gasteiger partial charge in [-0.25, -0.2) is 4.98 Å². The van der Waals surface area contributed by atoms with Crippen LogP contribution in [0.4, 0.5) is 5.82 Å². The molecule has 1 unspecified atom stereocenters. The molecule has 0 bridgehead atoms. The molecule has 1 atom stereocenters. The molecular formula is C18H28ClN5O2. The molecule has 0 amide bonds. The number of pyridine rings is 1. The number of carbonyl (C=O) groups excluding carboxylic acids is 1. The van der Waals surface area contributed by atoms with Crippen molar-refractivity contribution in [1.82, 2.24) is 15.6 Å². The van der Waals surface area contributed by atoms with Gasteiger partial charge in [0.2, 0.25) is 0 Å². The summed E-state index contributed by atoms with van der Waals surface area (Å²) >= 11 is 6.23. The van der Waals surface area contributed by atoms with Crippen molar-refractivity contribution in [3.63, 3.8) is 0 Å². The van der Waals surface area contributed by atoms with Crippen molar-refractivity contribution in [2.24, 2.45) is 4.99 Å². The first-order valence-electron chi connectivity index (χ1n) is 9.03. The zero-order valence-electron chi connectivity index (χ0n) is 15.5. The van der Waals surface area contributed by atoms with Crippen molar-refractivity contribution >= 4 is 29.3 Å². The van der Waals surface area contributed by atoms with Crippen molar-refractivity contribution in [2.45, 2.75) is 38.1 Å². The van der Waals surface area contributed by atoms with Crippen molar-refractivity contribution in [1.29, 1.82) is 0 Å². The van der Waals surface area contributed by atoms with Crippen LogP contribution in [0.5, 0.6) is 0 Å². The van der Waals surface area contributed by atoms with Crippen molar-refractivity contribution in [3.8, 4) is 0 Å². The van der Waals surface area contributed by atoms with Crippen LogP contribution >= 0.6 is 11.6 Å². The van der Waals surface area contributed by atoms with Crippen LogP contribution in [0.1, 0.15) is 32.1 Å². The third-order valence-electron chi connectivity index (χ3n) is 4.37. The second-order valence-corrected chi connectivity index (χ2v) is 6.68. The summed E-state index contributed by atoms with van der Waals surface area (Å²) in [6, 6.07) is 4.01. The summed E-state index contributed by atoms with van der Waals surface area (Å²) in [7, 11) is 3.19. The molecule has 0 radical (unpaired) electrons. The first-order chi connectivity index (χ1) is 12.6. The SMILES string of the molecule is CN=C(NCCCCCC(=O)OC)NC1CCN(c2ncccc2Cl)C1. The van der Waals surface area contributed by atoms with E-state index < -0.39 is 0 Å². The number of guanidine groups is 1. The number of aromatic nitrogens is 1. The quantitative estimate of drug-likeness (QED) is 0.311. The number of nitrogens with one attached hydrogen (secondary N) is 2. The van der Waals surface area contributed by atoms with Crippen molar-refractivity contribution in [2.75, 3.05) is 38.7 Å². The van der Waals surface area contributed by atoms with E-state index in [1.807, 2.05) is 12.1 Å². The van der Waals surface area contributed by atoms with Gasteiger partial charge in [-0.2, -0.15) is 0 Å². The summed E-state index contributed by atoms with van der Waals surface area (Å²) in [4.78, 5) is 21.9. The molecule has 1 fully saturated rings. The molecule has 1 aliphatic heterocycles. The highest BCUT2D eigenvalue weighted by Gasteiger charge is 2.25. The first-order valence-corrected chi connectivity index (χ1v) is 9.41. The monoisotopic (exact) mass is 381 g/mol. The summed E-state index contributed by atoms with van der Waals surface area (Å²) in [6.07, 6.45) is 6.07. The fraction of sp³-hybridized carbons (Fsp3) is 0.611. The van der Waals surface area contributed by atoms with Crippen LogP contribution in [-0.4, -0.2) is 56.7 Å². The third-order valence-corrected chi connectivity index (χ3v) is 4.66. The Morgan fingerprint density at radius 3 is 3.04 bits per heavy atom. The predicted octanol–water partition coefficient (Wildman–Crippen LogP) is 2.21. The van der Waals surface area contributed by atoms with E-state index in [9.17, 15) is 4.79 Å². The highest BCUT2D eigenvalue weighted by atomic mass is 35.5. The fourth-order valence-electron chi connectivity index (χ4n) is 2.95. The molecule has 144 valence electrons. The summed E-state index contributed by atoms with van der Waals surface area (Å²) in [5.41, 5.74) is 0. The Morgan fingerprint density at radius 1 is 1.46 bits per heavy atom. The minimum Gasteiger partial charge on any atom is -0.469 e.